The fraction of sp³-hybridized carbons (Fsp3) is 0.971. The Kier molecular flexibility index (Phi) is 64.4. The molecule has 448 valence electrons. The van der Waals surface area contributed by atoms with Gasteiger partial charge in [0.05, 0.1) is 25.4 Å². The van der Waals surface area contributed by atoms with E-state index in [9.17, 15) is 19.8 Å². The maximum Gasteiger partial charge on any atom is 0.305 e. The van der Waals surface area contributed by atoms with Gasteiger partial charge in [0.2, 0.25) is 5.91 Å². The Labute approximate surface area is 470 Å². The monoisotopic (exact) mass is 1060 g/mol. The molecule has 2 atom stereocenters. The number of aliphatic hydroxyl groups is 2. The maximum atomic E-state index is 12.5. The molecule has 0 aromatic heterocycles. The van der Waals surface area contributed by atoms with Crippen molar-refractivity contribution in [1.82, 2.24) is 5.32 Å². The molecule has 0 aromatic rings. The Morgan fingerprint density at radius 1 is 0.320 bits per heavy atom. The van der Waals surface area contributed by atoms with Crippen molar-refractivity contribution in [3.8, 4) is 0 Å². The predicted octanol–water partition coefficient (Wildman–Crippen LogP) is 22.2. The summed E-state index contributed by atoms with van der Waals surface area (Å²) in [6, 6.07) is -0.538. The van der Waals surface area contributed by atoms with Gasteiger partial charge in [-0.2, -0.15) is 0 Å². The number of carbonyl (C=O) groups excluding carboxylic acids is 2. The van der Waals surface area contributed by atoms with Crippen LogP contribution >= 0.6 is 0 Å². The first-order valence-electron chi connectivity index (χ1n) is 34.8. The van der Waals surface area contributed by atoms with E-state index < -0.39 is 12.1 Å². The summed E-state index contributed by atoms with van der Waals surface area (Å²) in [6.07, 6.45) is 78.6. The van der Waals surface area contributed by atoms with Crippen LogP contribution in [-0.4, -0.2) is 47.4 Å². The van der Waals surface area contributed by atoms with Crippen LogP contribution in [-0.2, 0) is 14.3 Å². The molecule has 2 unspecified atom stereocenters. The second-order valence-electron chi connectivity index (χ2n) is 24.2. The van der Waals surface area contributed by atoms with Gasteiger partial charge in [-0.15, -0.1) is 0 Å². The van der Waals surface area contributed by atoms with Gasteiger partial charge in [-0.05, 0) is 25.7 Å². The average molecular weight is 1060 g/mol. The fourth-order valence-electron chi connectivity index (χ4n) is 11.4. The van der Waals surface area contributed by atoms with Crippen LogP contribution in [0.1, 0.15) is 406 Å². The van der Waals surface area contributed by atoms with E-state index >= 15 is 0 Å². The van der Waals surface area contributed by atoms with Crippen molar-refractivity contribution in [3.05, 3.63) is 0 Å². The molecule has 0 rings (SSSR count). The minimum atomic E-state index is -0.661. The van der Waals surface area contributed by atoms with E-state index in [-0.39, 0.29) is 18.5 Å². The highest BCUT2D eigenvalue weighted by Gasteiger charge is 2.20. The SMILES string of the molecule is CCCCCCCCCCCCCCCCCCCC(O)C(CO)NC(=O)CCCCCCCCCCCCCCCCCCCCCCCCCCCCCCCOC(=O)CCCCCCCCCCCCCC. The van der Waals surface area contributed by atoms with E-state index in [0.717, 1.165) is 38.5 Å². The number of unbranched alkanes of at least 4 members (excludes halogenated alkanes) is 55. The molecule has 0 saturated heterocycles. The highest BCUT2D eigenvalue weighted by molar-refractivity contribution is 5.76. The van der Waals surface area contributed by atoms with Gasteiger partial charge in [-0.3, -0.25) is 9.59 Å². The van der Waals surface area contributed by atoms with Crippen LogP contribution in [0.3, 0.4) is 0 Å². The van der Waals surface area contributed by atoms with Crippen molar-refractivity contribution in [1.29, 1.82) is 0 Å². The Balaban J connectivity index is 3.32. The van der Waals surface area contributed by atoms with Crippen molar-refractivity contribution in [2.24, 2.45) is 0 Å². The second-order valence-corrected chi connectivity index (χ2v) is 24.2. The molecule has 6 nitrogen and oxygen atoms in total. The smallest absolute Gasteiger partial charge is 0.305 e. The fourth-order valence-corrected chi connectivity index (χ4v) is 11.4. The van der Waals surface area contributed by atoms with Crippen molar-refractivity contribution in [3.63, 3.8) is 0 Å². The van der Waals surface area contributed by atoms with Crippen LogP contribution in [0.25, 0.3) is 0 Å². The van der Waals surface area contributed by atoms with Gasteiger partial charge < -0.3 is 20.3 Å². The number of ether oxygens (including phenoxy) is 1. The van der Waals surface area contributed by atoms with Crippen molar-refractivity contribution < 1.29 is 24.5 Å². The molecule has 3 N–H and O–H groups in total. The molecular weight excluding hydrogens is 923 g/mol. The molecule has 0 saturated carbocycles. The lowest BCUT2D eigenvalue weighted by atomic mass is 10.0. The molecule has 0 aromatic carbocycles. The van der Waals surface area contributed by atoms with Gasteiger partial charge in [0.25, 0.3) is 0 Å². The number of esters is 1. The minimum absolute atomic E-state index is 0.0213. The molecule has 1 amide bonds. The van der Waals surface area contributed by atoms with E-state index in [0.29, 0.717) is 25.9 Å². The largest absolute Gasteiger partial charge is 0.466 e. The van der Waals surface area contributed by atoms with Crippen LogP contribution in [0.2, 0.25) is 0 Å². The summed E-state index contributed by atoms with van der Waals surface area (Å²) in [4.78, 5) is 24.5. The molecule has 0 fully saturated rings. The highest BCUT2D eigenvalue weighted by Crippen LogP contribution is 2.19. The van der Waals surface area contributed by atoms with Gasteiger partial charge in [-0.25, -0.2) is 0 Å². The number of amides is 1. The lowest BCUT2D eigenvalue weighted by Gasteiger charge is -2.22. The van der Waals surface area contributed by atoms with Gasteiger partial charge in [0, 0.05) is 12.8 Å². The number of nitrogens with one attached hydrogen (secondary N) is 1. The Morgan fingerprint density at radius 2 is 0.547 bits per heavy atom. The van der Waals surface area contributed by atoms with E-state index in [2.05, 4.69) is 19.2 Å². The van der Waals surface area contributed by atoms with Crippen LogP contribution < -0.4 is 5.32 Å². The molecule has 0 spiro atoms. The van der Waals surface area contributed by atoms with Crippen LogP contribution in [0.4, 0.5) is 0 Å². The zero-order valence-corrected chi connectivity index (χ0v) is 51.3. The van der Waals surface area contributed by atoms with Crippen LogP contribution in [0.5, 0.6) is 0 Å². The summed E-state index contributed by atoms with van der Waals surface area (Å²) in [6.45, 7) is 5.00. The van der Waals surface area contributed by atoms with E-state index in [1.165, 1.54) is 334 Å². The summed E-state index contributed by atoms with van der Waals surface area (Å²) < 4.78 is 5.48. The molecule has 0 heterocycles. The third-order valence-electron chi connectivity index (χ3n) is 16.7. The molecule has 0 aliphatic carbocycles. The summed E-state index contributed by atoms with van der Waals surface area (Å²) >= 11 is 0. The summed E-state index contributed by atoms with van der Waals surface area (Å²) in [5.41, 5.74) is 0. The third kappa shape index (κ3) is 61.9. The molecule has 6 heteroatoms. The van der Waals surface area contributed by atoms with Gasteiger partial charge in [0.15, 0.2) is 0 Å². The van der Waals surface area contributed by atoms with Crippen LogP contribution in [0.15, 0.2) is 0 Å². The number of hydrogen-bond donors (Lipinski definition) is 3. The first-order chi connectivity index (χ1) is 37.0. The lowest BCUT2D eigenvalue weighted by Crippen LogP contribution is -2.45. The predicted molar refractivity (Wildman–Crippen MR) is 329 cm³/mol. The lowest BCUT2D eigenvalue weighted by molar-refractivity contribution is -0.143. The highest BCUT2D eigenvalue weighted by atomic mass is 16.5. The quantitative estimate of drug-likeness (QED) is 0.0417. The van der Waals surface area contributed by atoms with Crippen molar-refractivity contribution in [2.75, 3.05) is 13.2 Å². The summed E-state index contributed by atoms with van der Waals surface area (Å²) in [5, 5.41) is 23.4. The zero-order valence-electron chi connectivity index (χ0n) is 51.3. The Morgan fingerprint density at radius 3 is 0.813 bits per heavy atom. The summed E-state index contributed by atoms with van der Waals surface area (Å²) in [7, 11) is 0. The van der Waals surface area contributed by atoms with E-state index in [4.69, 9.17) is 4.74 Å². The first kappa shape index (κ1) is 73.9. The average Bonchev–Trinajstić information content (AvgIpc) is 3.41. The molecule has 0 bridgehead atoms. The molecule has 0 aliphatic heterocycles. The number of aliphatic hydroxyl groups excluding tert-OH is 2. The molecule has 0 radical (unpaired) electrons. The standard InChI is InChI=1S/C69H137NO5/c1-3-5-7-9-11-13-15-17-18-32-35-38-41-45-49-53-57-61-67(72)66(65-71)70-68(73)62-58-54-50-46-42-39-36-33-30-28-26-24-22-20-19-21-23-25-27-29-31-34-37-40-44-48-52-56-60-64-75-69(74)63-59-55-51-47-43-16-14-12-10-8-6-4-2/h66-67,71-72H,3-65H2,1-2H3,(H,70,73). The number of hydrogen-bond acceptors (Lipinski definition) is 5. The Hall–Kier alpha value is -1.14. The molecule has 75 heavy (non-hydrogen) atoms. The topological polar surface area (TPSA) is 95.9 Å². The van der Waals surface area contributed by atoms with Gasteiger partial charge in [0.1, 0.15) is 0 Å². The Bertz CT molecular complexity index is 1080. The molecule has 0 aliphatic rings. The first-order valence-corrected chi connectivity index (χ1v) is 34.8. The maximum absolute atomic E-state index is 12.5. The number of carbonyl (C=O) groups is 2. The van der Waals surface area contributed by atoms with Crippen molar-refractivity contribution in [2.45, 2.75) is 418 Å². The van der Waals surface area contributed by atoms with Gasteiger partial charge >= 0.3 is 5.97 Å². The number of rotatable bonds is 66. The third-order valence-corrected chi connectivity index (χ3v) is 16.7. The van der Waals surface area contributed by atoms with E-state index in [1.807, 2.05) is 0 Å². The summed E-state index contributed by atoms with van der Waals surface area (Å²) in [5.74, 6) is -0.00574. The zero-order chi connectivity index (χ0) is 54.3. The normalized spacial score (nSPS) is 12.4. The van der Waals surface area contributed by atoms with Crippen molar-refractivity contribution >= 4 is 11.9 Å². The van der Waals surface area contributed by atoms with Gasteiger partial charge in [-0.1, -0.05) is 367 Å². The minimum Gasteiger partial charge on any atom is -0.466 e. The van der Waals surface area contributed by atoms with E-state index in [1.54, 1.807) is 0 Å². The second kappa shape index (κ2) is 65.4. The van der Waals surface area contributed by atoms with Crippen LogP contribution in [0, 0.1) is 0 Å². The molecular formula is C69H137NO5.